The van der Waals surface area contributed by atoms with Crippen molar-refractivity contribution >= 4 is 44.1 Å². The number of para-hydroxylation sites is 1. The van der Waals surface area contributed by atoms with E-state index in [1.165, 1.54) is 4.88 Å². The molecular weight excluding hydrogens is 508 g/mol. The summed E-state index contributed by atoms with van der Waals surface area (Å²) in [6.45, 7) is 2.01. The van der Waals surface area contributed by atoms with Crippen LogP contribution in [0.3, 0.4) is 0 Å². The number of fused-ring (bicyclic) bond motifs is 1. The van der Waals surface area contributed by atoms with Crippen molar-refractivity contribution in [3.05, 3.63) is 82.7 Å². The van der Waals surface area contributed by atoms with E-state index in [9.17, 15) is 18.0 Å². The van der Waals surface area contributed by atoms with Gasteiger partial charge in [0.25, 0.3) is 5.91 Å². The van der Waals surface area contributed by atoms with Gasteiger partial charge < -0.3 is 9.80 Å². The Morgan fingerprint density at radius 3 is 2.54 bits per heavy atom. The van der Waals surface area contributed by atoms with Crippen LogP contribution in [-0.2, 0) is 26.0 Å². The lowest BCUT2D eigenvalue weighted by Crippen LogP contribution is -2.51. The van der Waals surface area contributed by atoms with Gasteiger partial charge in [-0.05, 0) is 36.4 Å². The highest BCUT2D eigenvalue weighted by Crippen LogP contribution is 2.22. The fourth-order valence-electron chi connectivity index (χ4n) is 4.61. The molecule has 1 saturated heterocycles. The highest BCUT2D eigenvalue weighted by molar-refractivity contribution is 7.89. The standard InChI is InChI=1S/C27H28N4O4S2/c32-25(13-12-23-6-3-19-36-23)30-15-17-31(18-16-30)27(33)21-8-10-22(11-9-21)29-37(34,35)24-7-1-4-20-5-2-14-28-26(20)24/h1-10,14,19,22,29H,11-13,15-18H2. The number of benzene rings is 1. The summed E-state index contributed by atoms with van der Waals surface area (Å²) in [6, 6.07) is 12.2. The van der Waals surface area contributed by atoms with Crippen LogP contribution in [0.2, 0.25) is 0 Å². The van der Waals surface area contributed by atoms with E-state index in [4.69, 9.17) is 0 Å². The molecule has 192 valence electrons. The van der Waals surface area contributed by atoms with Crippen LogP contribution < -0.4 is 4.72 Å². The number of thiophene rings is 1. The van der Waals surface area contributed by atoms with Gasteiger partial charge in [-0.2, -0.15) is 0 Å². The number of hydrogen-bond acceptors (Lipinski definition) is 6. The number of aryl methyl sites for hydroxylation is 1. The number of pyridine rings is 1. The Bertz CT molecular complexity index is 1450. The van der Waals surface area contributed by atoms with Gasteiger partial charge in [-0.1, -0.05) is 42.5 Å². The maximum absolute atomic E-state index is 13.1. The zero-order valence-corrected chi connectivity index (χ0v) is 21.9. The first kappa shape index (κ1) is 25.3. The number of nitrogens with one attached hydrogen (secondary N) is 1. The summed E-state index contributed by atoms with van der Waals surface area (Å²) in [7, 11) is -3.80. The molecule has 0 saturated carbocycles. The maximum Gasteiger partial charge on any atom is 0.253 e. The SMILES string of the molecule is O=C(CCc1cccs1)N1CCN(C(=O)C2=CCC(NS(=O)(=O)c3cccc4cccnc34)C=C2)CC1. The predicted molar refractivity (Wildman–Crippen MR) is 143 cm³/mol. The summed E-state index contributed by atoms with van der Waals surface area (Å²) in [5.41, 5.74) is 0.965. The van der Waals surface area contributed by atoms with Crippen LogP contribution >= 0.6 is 11.3 Å². The average molecular weight is 537 g/mol. The van der Waals surface area contributed by atoms with Gasteiger partial charge in [-0.15, -0.1) is 11.3 Å². The maximum atomic E-state index is 13.1. The third kappa shape index (κ3) is 5.82. The molecule has 2 aliphatic rings. The normalized spacial score (nSPS) is 18.2. The molecule has 10 heteroatoms. The van der Waals surface area contributed by atoms with Crippen molar-refractivity contribution in [3.8, 4) is 0 Å². The van der Waals surface area contributed by atoms with Crippen molar-refractivity contribution in [3.63, 3.8) is 0 Å². The molecule has 0 bridgehead atoms. The average Bonchev–Trinajstić information content (AvgIpc) is 3.45. The molecule has 1 aromatic carbocycles. The summed E-state index contributed by atoms with van der Waals surface area (Å²) in [5.74, 6) is 0.0234. The van der Waals surface area contributed by atoms with Crippen LogP contribution in [0.15, 0.2) is 82.7 Å². The molecule has 2 aromatic heterocycles. The molecule has 2 amide bonds. The Hall–Kier alpha value is -3.34. The van der Waals surface area contributed by atoms with Crippen LogP contribution in [0.25, 0.3) is 10.9 Å². The van der Waals surface area contributed by atoms with Crippen LogP contribution in [-0.4, -0.2) is 67.2 Å². The van der Waals surface area contributed by atoms with Crippen LogP contribution in [0.4, 0.5) is 0 Å². The number of nitrogens with zero attached hydrogens (tertiary/aromatic N) is 3. The van der Waals surface area contributed by atoms with Gasteiger partial charge in [0.1, 0.15) is 4.90 Å². The molecule has 1 fully saturated rings. The van der Waals surface area contributed by atoms with Crippen LogP contribution in [0, 0.1) is 0 Å². The Morgan fingerprint density at radius 2 is 1.81 bits per heavy atom. The number of aromatic nitrogens is 1. The minimum atomic E-state index is -3.80. The second kappa shape index (κ2) is 11.0. The van der Waals surface area contributed by atoms with Gasteiger partial charge in [0, 0.05) is 60.7 Å². The Balaban J connectivity index is 1.14. The number of carbonyl (C=O) groups excluding carboxylic acids is 2. The quantitative estimate of drug-likeness (QED) is 0.500. The van der Waals surface area contributed by atoms with Gasteiger partial charge >= 0.3 is 0 Å². The molecular formula is C27H28N4O4S2. The Kier molecular flexibility index (Phi) is 7.50. The monoisotopic (exact) mass is 536 g/mol. The largest absolute Gasteiger partial charge is 0.339 e. The third-order valence-corrected chi connectivity index (χ3v) is 9.08. The second-order valence-electron chi connectivity index (χ2n) is 9.07. The molecule has 1 unspecified atom stereocenters. The van der Waals surface area contributed by atoms with Gasteiger partial charge in [0.05, 0.1) is 5.52 Å². The number of hydrogen-bond donors (Lipinski definition) is 1. The van der Waals surface area contributed by atoms with E-state index in [0.29, 0.717) is 50.1 Å². The highest BCUT2D eigenvalue weighted by atomic mass is 32.2. The van der Waals surface area contributed by atoms with Crippen molar-refractivity contribution < 1.29 is 18.0 Å². The Morgan fingerprint density at radius 1 is 1.03 bits per heavy atom. The fourth-order valence-corrected chi connectivity index (χ4v) is 6.70. The van der Waals surface area contributed by atoms with Crippen molar-refractivity contribution in [1.29, 1.82) is 0 Å². The lowest BCUT2D eigenvalue weighted by molar-refractivity contribution is -0.137. The van der Waals surface area contributed by atoms with Crippen molar-refractivity contribution in [1.82, 2.24) is 19.5 Å². The van der Waals surface area contributed by atoms with Crippen LogP contribution in [0.1, 0.15) is 17.7 Å². The number of carbonyl (C=O) groups is 2. The second-order valence-corrected chi connectivity index (χ2v) is 11.8. The van der Waals surface area contributed by atoms with E-state index >= 15 is 0 Å². The smallest absolute Gasteiger partial charge is 0.253 e. The van der Waals surface area contributed by atoms with Gasteiger partial charge in [0.2, 0.25) is 15.9 Å². The lowest BCUT2D eigenvalue weighted by atomic mass is 10.0. The molecule has 1 aliphatic heterocycles. The molecule has 0 spiro atoms. The van der Waals surface area contributed by atoms with E-state index in [0.717, 1.165) is 11.8 Å². The first-order valence-electron chi connectivity index (χ1n) is 12.2. The van der Waals surface area contributed by atoms with E-state index in [1.54, 1.807) is 58.9 Å². The lowest BCUT2D eigenvalue weighted by Gasteiger charge is -2.35. The molecule has 1 atom stereocenters. The van der Waals surface area contributed by atoms with Gasteiger partial charge in [0.15, 0.2) is 0 Å². The summed E-state index contributed by atoms with van der Waals surface area (Å²) in [4.78, 5) is 34.7. The molecule has 5 rings (SSSR count). The fraction of sp³-hybridized carbons (Fsp3) is 0.296. The third-order valence-electron chi connectivity index (χ3n) is 6.62. The molecule has 1 N–H and O–H groups in total. The highest BCUT2D eigenvalue weighted by Gasteiger charge is 2.27. The van der Waals surface area contributed by atoms with E-state index in [1.807, 2.05) is 34.5 Å². The van der Waals surface area contributed by atoms with Crippen molar-refractivity contribution in [2.24, 2.45) is 0 Å². The minimum Gasteiger partial charge on any atom is -0.339 e. The minimum absolute atomic E-state index is 0.0958. The van der Waals surface area contributed by atoms with Crippen LogP contribution in [0.5, 0.6) is 0 Å². The van der Waals surface area contributed by atoms with E-state index in [2.05, 4.69) is 9.71 Å². The Labute approximate surface area is 220 Å². The number of rotatable bonds is 7. The van der Waals surface area contributed by atoms with E-state index < -0.39 is 16.1 Å². The summed E-state index contributed by atoms with van der Waals surface area (Å²) in [6.07, 6.45) is 8.34. The first-order chi connectivity index (χ1) is 17.9. The number of piperazine rings is 1. The molecule has 3 heterocycles. The van der Waals surface area contributed by atoms with Crippen molar-refractivity contribution in [2.75, 3.05) is 26.2 Å². The molecule has 0 radical (unpaired) electrons. The summed E-state index contributed by atoms with van der Waals surface area (Å²) in [5, 5.41) is 2.76. The van der Waals surface area contributed by atoms with Gasteiger partial charge in [-0.25, -0.2) is 13.1 Å². The van der Waals surface area contributed by atoms with Gasteiger partial charge in [-0.3, -0.25) is 14.6 Å². The topological polar surface area (TPSA) is 99.7 Å². The zero-order chi connectivity index (χ0) is 25.8. The molecule has 8 nitrogen and oxygen atoms in total. The first-order valence-corrected chi connectivity index (χ1v) is 14.6. The summed E-state index contributed by atoms with van der Waals surface area (Å²) < 4.78 is 28.8. The zero-order valence-electron chi connectivity index (χ0n) is 20.2. The van der Waals surface area contributed by atoms with Crippen molar-refractivity contribution in [2.45, 2.75) is 30.2 Å². The molecule has 1 aliphatic carbocycles. The predicted octanol–water partition coefficient (Wildman–Crippen LogP) is 3.13. The number of sulfonamides is 1. The summed E-state index contributed by atoms with van der Waals surface area (Å²) >= 11 is 1.66. The number of amides is 2. The molecule has 3 aromatic rings. The molecule has 37 heavy (non-hydrogen) atoms. The van der Waals surface area contributed by atoms with E-state index in [-0.39, 0.29) is 16.7 Å².